The number of amides is 2. The fourth-order valence-corrected chi connectivity index (χ4v) is 1.20. The first-order valence-electron chi connectivity index (χ1n) is 5.24. The van der Waals surface area contributed by atoms with Gasteiger partial charge in [-0.15, -0.1) is 0 Å². The van der Waals surface area contributed by atoms with Crippen molar-refractivity contribution in [3.8, 4) is 0 Å². The van der Waals surface area contributed by atoms with Crippen LogP contribution >= 0.6 is 0 Å². The normalized spacial score (nSPS) is 14.6. The lowest BCUT2D eigenvalue weighted by Crippen LogP contribution is -2.52. The molecule has 0 saturated carbocycles. The molecule has 0 rings (SSSR count). The lowest BCUT2D eigenvalue weighted by molar-refractivity contribution is -0.129. The molecule has 94 valence electrons. The summed E-state index contributed by atoms with van der Waals surface area (Å²) in [4.78, 5) is 22.6. The predicted octanol–water partition coefficient (Wildman–Crippen LogP) is -1.02. The lowest BCUT2D eigenvalue weighted by Gasteiger charge is -2.21. The van der Waals surface area contributed by atoms with E-state index in [1.165, 1.54) is 7.11 Å². The molecule has 5 N–H and O–H groups in total. The van der Waals surface area contributed by atoms with Crippen molar-refractivity contribution in [3.05, 3.63) is 0 Å². The summed E-state index contributed by atoms with van der Waals surface area (Å²) >= 11 is 0. The second-order valence-electron chi connectivity index (χ2n) is 4.02. The van der Waals surface area contributed by atoms with Crippen LogP contribution in [-0.2, 0) is 14.3 Å². The number of carbonyl (C=O) groups excluding carboxylic acids is 2. The molecular formula is C10H21N3O3. The second kappa shape index (κ2) is 7.19. The minimum absolute atomic E-state index is 0.0592. The van der Waals surface area contributed by atoms with Crippen LogP contribution in [0.25, 0.3) is 0 Å². The van der Waals surface area contributed by atoms with Gasteiger partial charge in [-0.3, -0.25) is 9.59 Å². The van der Waals surface area contributed by atoms with Crippen molar-refractivity contribution in [1.82, 2.24) is 5.32 Å². The van der Waals surface area contributed by atoms with Crippen molar-refractivity contribution in [2.75, 3.05) is 13.7 Å². The molecule has 0 aromatic carbocycles. The van der Waals surface area contributed by atoms with Gasteiger partial charge in [0.1, 0.15) is 6.04 Å². The maximum atomic E-state index is 11.6. The standard InChI is InChI=1S/C10H21N3O3/c1-6(2)8(9(12)14)13-10(15)7(11)4-5-16-3/h6-8H,4-5,11H2,1-3H3,(H2,12,14)(H,13,15). The van der Waals surface area contributed by atoms with Crippen LogP contribution in [0.2, 0.25) is 0 Å². The Balaban J connectivity index is 4.24. The molecule has 0 bridgehead atoms. The third-order valence-corrected chi connectivity index (χ3v) is 2.24. The van der Waals surface area contributed by atoms with Crippen LogP contribution in [0, 0.1) is 5.92 Å². The summed E-state index contributed by atoms with van der Waals surface area (Å²) in [6, 6.07) is -1.36. The Morgan fingerprint density at radius 1 is 1.38 bits per heavy atom. The SMILES string of the molecule is COCCC(N)C(=O)NC(C(N)=O)C(C)C. The molecule has 0 aromatic rings. The molecule has 0 aliphatic carbocycles. The van der Waals surface area contributed by atoms with Crippen molar-refractivity contribution in [2.45, 2.75) is 32.4 Å². The maximum absolute atomic E-state index is 11.6. The highest BCUT2D eigenvalue weighted by Crippen LogP contribution is 2.01. The first kappa shape index (κ1) is 14.9. The first-order chi connectivity index (χ1) is 7.40. The van der Waals surface area contributed by atoms with E-state index in [-0.39, 0.29) is 11.8 Å². The Bertz CT molecular complexity index is 243. The van der Waals surface area contributed by atoms with Gasteiger partial charge < -0.3 is 21.5 Å². The lowest BCUT2D eigenvalue weighted by atomic mass is 10.0. The van der Waals surface area contributed by atoms with Crippen LogP contribution < -0.4 is 16.8 Å². The van der Waals surface area contributed by atoms with Gasteiger partial charge in [0.15, 0.2) is 0 Å². The fourth-order valence-electron chi connectivity index (χ4n) is 1.20. The molecule has 2 atom stereocenters. The van der Waals surface area contributed by atoms with E-state index in [1.807, 2.05) is 0 Å². The molecule has 0 aliphatic rings. The zero-order chi connectivity index (χ0) is 12.7. The summed E-state index contributed by atoms with van der Waals surface area (Å²) in [5, 5.41) is 2.53. The molecule has 6 heteroatoms. The van der Waals surface area contributed by atoms with Crippen LogP contribution in [0.15, 0.2) is 0 Å². The van der Waals surface area contributed by atoms with Crippen LogP contribution in [0.5, 0.6) is 0 Å². The van der Waals surface area contributed by atoms with Crippen LogP contribution in [0.4, 0.5) is 0 Å². The average molecular weight is 231 g/mol. The second-order valence-corrected chi connectivity index (χ2v) is 4.02. The highest BCUT2D eigenvalue weighted by molar-refractivity contribution is 5.89. The third kappa shape index (κ3) is 5.09. The molecule has 0 spiro atoms. The number of hydrogen-bond acceptors (Lipinski definition) is 4. The highest BCUT2D eigenvalue weighted by Gasteiger charge is 2.24. The number of rotatable bonds is 7. The van der Waals surface area contributed by atoms with Gasteiger partial charge in [-0.25, -0.2) is 0 Å². The molecule has 0 radical (unpaired) electrons. The Morgan fingerprint density at radius 3 is 2.31 bits per heavy atom. The van der Waals surface area contributed by atoms with Gasteiger partial charge in [-0.2, -0.15) is 0 Å². The zero-order valence-corrected chi connectivity index (χ0v) is 10.0. The number of hydrogen-bond donors (Lipinski definition) is 3. The summed E-state index contributed by atoms with van der Waals surface area (Å²) in [5.74, 6) is -0.993. The number of primary amides is 1. The monoisotopic (exact) mass is 231 g/mol. The summed E-state index contributed by atoms with van der Waals surface area (Å²) < 4.78 is 4.81. The minimum Gasteiger partial charge on any atom is -0.385 e. The number of methoxy groups -OCH3 is 1. The molecule has 0 fully saturated rings. The molecule has 16 heavy (non-hydrogen) atoms. The van der Waals surface area contributed by atoms with Gasteiger partial charge in [0.2, 0.25) is 11.8 Å². The number of nitrogens with two attached hydrogens (primary N) is 2. The van der Waals surface area contributed by atoms with Crippen LogP contribution in [0.1, 0.15) is 20.3 Å². The summed E-state index contributed by atoms with van der Waals surface area (Å²) in [5.41, 5.74) is 10.8. The van der Waals surface area contributed by atoms with Crippen molar-refractivity contribution in [1.29, 1.82) is 0 Å². The Kier molecular flexibility index (Phi) is 6.67. The van der Waals surface area contributed by atoms with E-state index in [1.54, 1.807) is 13.8 Å². The molecule has 0 saturated heterocycles. The maximum Gasteiger partial charge on any atom is 0.240 e. The number of nitrogens with one attached hydrogen (secondary N) is 1. The molecule has 0 aromatic heterocycles. The van der Waals surface area contributed by atoms with E-state index in [0.29, 0.717) is 13.0 Å². The molecule has 2 unspecified atom stereocenters. The van der Waals surface area contributed by atoms with Gasteiger partial charge in [0.05, 0.1) is 6.04 Å². The smallest absolute Gasteiger partial charge is 0.240 e. The highest BCUT2D eigenvalue weighted by atomic mass is 16.5. The van der Waals surface area contributed by atoms with E-state index in [2.05, 4.69) is 5.32 Å². The first-order valence-corrected chi connectivity index (χ1v) is 5.24. The summed E-state index contributed by atoms with van der Waals surface area (Å²) in [7, 11) is 1.53. The quantitative estimate of drug-likeness (QED) is 0.521. The zero-order valence-electron chi connectivity index (χ0n) is 10.0. The van der Waals surface area contributed by atoms with Crippen LogP contribution in [0.3, 0.4) is 0 Å². The largest absolute Gasteiger partial charge is 0.385 e. The Labute approximate surface area is 95.7 Å². The molecule has 0 aliphatic heterocycles. The van der Waals surface area contributed by atoms with Crippen molar-refractivity contribution < 1.29 is 14.3 Å². The van der Waals surface area contributed by atoms with Crippen molar-refractivity contribution in [2.24, 2.45) is 17.4 Å². The predicted molar refractivity (Wildman–Crippen MR) is 60.4 cm³/mol. The van der Waals surface area contributed by atoms with Crippen molar-refractivity contribution >= 4 is 11.8 Å². The Morgan fingerprint density at radius 2 is 1.94 bits per heavy atom. The van der Waals surface area contributed by atoms with Gasteiger partial charge in [0, 0.05) is 13.7 Å². The summed E-state index contributed by atoms with van der Waals surface area (Å²) in [6.45, 7) is 4.00. The molecule has 6 nitrogen and oxygen atoms in total. The topological polar surface area (TPSA) is 107 Å². The number of ether oxygens (including phenoxy) is 1. The summed E-state index contributed by atoms with van der Waals surface area (Å²) in [6.07, 6.45) is 0.409. The Hall–Kier alpha value is -1.14. The number of carbonyl (C=O) groups is 2. The van der Waals surface area contributed by atoms with E-state index in [4.69, 9.17) is 16.2 Å². The van der Waals surface area contributed by atoms with Gasteiger partial charge in [0.25, 0.3) is 0 Å². The van der Waals surface area contributed by atoms with Crippen molar-refractivity contribution in [3.63, 3.8) is 0 Å². The molecular weight excluding hydrogens is 210 g/mol. The van der Waals surface area contributed by atoms with Gasteiger partial charge in [-0.05, 0) is 12.3 Å². The van der Waals surface area contributed by atoms with E-state index < -0.39 is 18.0 Å². The third-order valence-electron chi connectivity index (χ3n) is 2.24. The van der Waals surface area contributed by atoms with Gasteiger partial charge >= 0.3 is 0 Å². The van der Waals surface area contributed by atoms with Gasteiger partial charge in [-0.1, -0.05) is 13.8 Å². The van der Waals surface area contributed by atoms with Crippen LogP contribution in [-0.4, -0.2) is 37.6 Å². The van der Waals surface area contributed by atoms with E-state index >= 15 is 0 Å². The minimum atomic E-state index is -0.680. The molecule has 2 amide bonds. The fraction of sp³-hybridized carbons (Fsp3) is 0.800. The van der Waals surface area contributed by atoms with E-state index in [0.717, 1.165) is 0 Å². The molecule has 0 heterocycles. The average Bonchev–Trinajstić information content (AvgIpc) is 2.20. The van der Waals surface area contributed by atoms with E-state index in [9.17, 15) is 9.59 Å².